The van der Waals surface area contributed by atoms with Crippen LogP contribution in [0, 0.1) is 0 Å². The minimum Gasteiger partial charge on any atom is -0.324 e. The lowest BCUT2D eigenvalue weighted by atomic mass is 9.80. The first kappa shape index (κ1) is 29.3. The molecule has 1 N–H and O–H groups in total. The van der Waals surface area contributed by atoms with Crippen LogP contribution in [0.5, 0.6) is 0 Å². The lowest BCUT2D eigenvalue weighted by molar-refractivity contribution is 0.267. The van der Waals surface area contributed by atoms with Gasteiger partial charge in [-0.25, -0.2) is 23.5 Å². The molecule has 0 bridgehead atoms. The van der Waals surface area contributed by atoms with Crippen LogP contribution >= 0.6 is 0 Å². The molecule has 10 nitrogen and oxygen atoms in total. The molecule has 0 amide bonds. The molecule has 0 radical (unpaired) electrons. The molecule has 2 aliphatic rings. The zero-order chi connectivity index (χ0) is 30.3. The Morgan fingerprint density at radius 2 is 1.95 bits per heavy atom. The first-order valence-electron chi connectivity index (χ1n) is 14.9. The van der Waals surface area contributed by atoms with Gasteiger partial charge in [0.1, 0.15) is 5.39 Å². The van der Waals surface area contributed by atoms with E-state index in [4.69, 9.17) is 4.98 Å². The Hall–Kier alpha value is -3.83. The normalized spacial score (nSPS) is 17.4. The van der Waals surface area contributed by atoms with E-state index < -0.39 is 9.73 Å². The number of rotatable bonds is 8. The van der Waals surface area contributed by atoms with Crippen LogP contribution in [0.15, 0.2) is 58.3 Å². The van der Waals surface area contributed by atoms with E-state index in [0.29, 0.717) is 40.6 Å². The third-order valence-corrected chi connectivity index (χ3v) is 9.20. The Labute approximate surface area is 253 Å². The molecule has 1 saturated carbocycles. The highest BCUT2D eigenvalue weighted by Gasteiger charge is 2.28. The highest BCUT2D eigenvalue weighted by molar-refractivity contribution is 7.92. The maximum atomic E-state index is 13.4. The zero-order valence-electron chi connectivity index (χ0n) is 25.4. The van der Waals surface area contributed by atoms with E-state index in [1.54, 1.807) is 47.7 Å². The summed E-state index contributed by atoms with van der Waals surface area (Å²) in [6.45, 7) is 4.08. The summed E-state index contributed by atoms with van der Waals surface area (Å²) in [6.07, 6.45) is 14.6. The molecule has 0 saturated heterocycles. The van der Waals surface area contributed by atoms with E-state index in [2.05, 4.69) is 57.4 Å². The summed E-state index contributed by atoms with van der Waals surface area (Å²) < 4.78 is 19.8. The topological polar surface area (TPSA) is 110 Å². The van der Waals surface area contributed by atoms with E-state index in [-0.39, 0.29) is 12.1 Å². The van der Waals surface area contributed by atoms with Crippen LogP contribution in [0.4, 0.5) is 17.5 Å². The van der Waals surface area contributed by atoms with E-state index in [9.17, 15) is 9.00 Å². The van der Waals surface area contributed by atoms with Crippen molar-refractivity contribution in [3.63, 3.8) is 0 Å². The van der Waals surface area contributed by atoms with Crippen LogP contribution < -0.4 is 10.9 Å². The van der Waals surface area contributed by atoms with Gasteiger partial charge in [0.15, 0.2) is 17.3 Å². The number of fused-ring (bicyclic) bond motifs is 2. The molecule has 0 spiro atoms. The highest BCUT2D eigenvalue weighted by atomic mass is 32.2. The number of allylic oxidation sites excluding steroid dienone is 1. The summed E-state index contributed by atoms with van der Waals surface area (Å²) >= 11 is 0. The first-order chi connectivity index (χ1) is 20.6. The third kappa shape index (κ3) is 6.01. The molecule has 1 atom stereocenters. The molecule has 3 heterocycles. The van der Waals surface area contributed by atoms with Crippen molar-refractivity contribution in [2.24, 2.45) is 4.36 Å². The van der Waals surface area contributed by atoms with Crippen molar-refractivity contribution in [2.45, 2.75) is 63.5 Å². The van der Waals surface area contributed by atoms with Crippen molar-refractivity contribution in [3.05, 3.63) is 76.2 Å². The van der Waals surface area contributed by atoms with E-state index in [1.165, 1.54) is 47.1 Å². The van der Waals surface area contributed by atoms with E-state index in [0.717, 1.165) is 24.9 Å². The summed E-state index contributed by atoms with van der Waals surface area (Å²) in [7, 11) is 1.95. The Bertz CT molecular complexity index is 1870. The van der Waals surface area contributed by atoms with Gasteiger partial charge in [-0.2, -0.15) is 9.35 Å². The molecule has 1 unspecified atom stereocenters. The number of likely N-dealkylation sites (N-methyl/N-ethyl adjacent to an activating group) is 1. The molecule has 11 heteroatoms. The van der Waals surface area contributed by atoms with Gasteiger partial charge in [-0.3, -0.25) is 4.79 Å². The summed E-state index contributed by atoms with van der Waals surface area (Å²) in [4.78, 5) is 29.8. The maximum Gasteiger partial charge on any atom is 0.278 e. The van der Waals surface area contributed by atoms with Crippen molar-refractivity contribution in [1.29, 1.82) is 0 Å². The minimum atomic E-state index is -2.42. The molecule has 6 rings (SSSR count). The van der Waals surface area contributed by atoms with Crippen LogP contribution in [0.25, 0.3) is 16.9 Å². The Morgan fingerprint density at radius 1 is 1.16 bits per heavy atom. The summed E-state index contributed by atoms with van der Waals surface area (Å²) in [5.41, 5.74) is 5.55. The van der Waals surface area contributed by atoms with Crippen molar-refractivity contribution >= 4 is 38.2 Å². The predicted molar refractivity (Wildman–Crippen MR) is 174 cm³/mol. The second kappa shape index (κ2) is 11.7. The summed E-state index contributed by atoms with van der Waals surface area (Å²) in [5, 5.41) is 3.84. The van der Waals surface area contributed by atoms with Crippen molar-refractivity contribution in [3.8, 4) is 5.82 Å². The first-order valence-corrected chi connectivity index (χ1v) is 17.3. The lowest BCUT2D eigenvalue weighted by Gasteiger charge is -2.33. The van der Waals surface area contributed by atoms with E-state index >= 15 is 0 Å². The standard InChI is InChI=1S/C32H40N8O2S/c1-6-16-39-31(41)27-20-33-32(36-30(27)40(39)29-13-9-12-28(35-29)37-43(4,5)42)34-23-17-22-14-15-24(38(2)3)19-26(22)25(18-23)21-10-7-8-11-21/h6,9,12-13,17-18,20-21,24H,1,7-8,10-11,14-16,19H2,2-5H3,(H,33,34,36). The van der Waals surface area contributed by atoms with Gasteiger partial charge in [0.2, 0.25) is 5.95 Å². The molecule has 3 aromatic heterocycles. The quantitative estimate of drug-likeness (QED) is 0.272. The van der Waals surface area contributed by atoms with E-state index in [1.807, 2.05) is 0 Å². The number of pyridine rings is 1. The largest absolute Gasteiger partial charge is 0.324 e. The van der Waals surface area contributed by atoms with Gasteiger partial charge in [-0.05, 0) is 93.1 Å². The van der Waals surface area contributed by atoms with Crippen LogP contribution in [-0.2, 0) is 29.1 Å². The fourth-order valence-corrected chi connectivity index (χ4v) is 7.10. The second-order valence-electron chi connectivity index (χ2n) is 12.2. The van der Waals surface area contributed by atoms with Crippen LogP contribution in [0.2, 0.25) is 0 Å². The monoisotopic (exact) mass is 600 g/mol. The number of benzene rings is 1. The molecule has 4 aromatic rings. The number of nitrogens with one attached hydrogen (secondary N) is 1. The van der Waals surface area contributed by atoms with Crippen molar-refractivity contribution in [2.75, 3.05) is 31.9 Å². The number of aromatic nitrogens is 5. The fraction of sp³-hybridized carbons (Fsp3) is 0.438. The van der Waals surface area contributed by atoms with Gasteiger partial charge in [-0.1, -0.05) is 25.0 Å². The van der Waals surface area contributed by atoms with Gasteiger partial charge in [0.05, 0.1) is 6.54 Å². The predicted octanol–water partition coefficient (Wildman–Crippen LogP) is 5.34. The average Bonchev–Trinajstić information content (AvgIpc) is 3.59. The highest BCUT2D eigenvalue weighted by Crippen LogP contribution is 2.41. The van der Waals surface area contributed by atoms with Crippen LogP contribution in [0.1, 0.15) is 54.7 Å². The number of nitrogens with zero attached hydrogens (tertiary/aromatic N) is 7. The Kier molecular flexibility index (Phi) is 7.95. The van der Waals surface area contributed by atoms with Crippen LogP contribution in [0.3, 0.4) is 0 Å². The molecule has 226 valence electrons. The number of anilines is 2. The van der Waals surface area contributed by atoms with Gasteiger partial charge in [0, 0.05) is 40.2 Å². The van der Waals surface area contributed by atoms with Crippen LogP contribution in [-0.4, -0.2) is 66.1 Å². The fourth-order valence-electron chi connectivity index (χ4n) is 6.55. The maximum absolute atomic E-state index is 13.4. The molecule has 0 aliphatic heterocycles. The smallest absolute Gasteiger partial charge is 0.278 e. The Balaban J connectivity index is 1.43. The lowest BCUT2D eigenvalue weighted by Crippen LogP contribution is -2.34. The molecule has 43 heavy (non-hydrogen) atoms. The Morgan fingerprint density at radius 3 is 2.67 bits per heavy atom. The SMILES string of the molecule is C=CCn1c(=O)c2cnc(Nc3cc4c(c(C5CCCC5)c3)CC(N(C)C)CC4)nc2n1-c1cccc(N=S(C)(C)=O)n1. The minimum absolute atomic E-state index is 0.242. The average molecular weight is 601 g/mol. The number of hydrogen-bond donors (Lipinski definition) is 1. The molecule has 1 fully saturated rings. The van der Waals surface area contributed by atoms with Gasteiger partial charge < -0.3 is 10.2 Å². The second-order valence-corrected chi connectivity index (χ2v) is 14.8. The van der Waals surface area contributed by atoms with Gasteiger partial charge in [0.25, 0.3) is 5.56 Å². The van der Waals surface area contributed by atoms with Crippen molar-refractivity contribution in [1.82, 2.24) is 29.2 Å². The molecule has 1 aromatic carbocycles. The zero-order valence-corrected chi connectivity index (χ0v) is 26.2. The van der Waals surface area contributed by atoms with Crippen molar-refractivity contribution < 1.29 is 4.21 Å². The number of hydrogen-bond acceptors (Lipinski definition) is 8. The summed E-state index contributed by atoms with van der Waals surface area (Å²) in [6, 6.07) is 10.4. The summed E-state index contributed by atoms with van der Waals surface area (Å²) in [5.74, 6) is 1.76. The third-order valence-electron chi connectivity index (χ3n) is 8.57. The molecular formula is C32H40N8O2S. The van der Waals surface area contributed by atoms with Gasteiger partial charge in [-0.15, -0.1) is 6.58 Å². The molecular weight excluding hydrogens is 560 g/mol. The number of aryl methyl sites for hydroxylation is 1. The van der Waals surface area contributed by atoms with Gasteiger partial charge >= 0.3 is 0 Å². The molecule has 2 aliphatic carbocycles.